The van der Waals surface area contributed by atoms with Crippen LogP contribution in [0.3, 0.4) is 0 Å². The van der Waals surface area contributed by atoms with Crippen LogP contribution < -0.4 is 0 Å². The average Bonchev–Trinajstić information content (AvgIpc) is 2.95. The van der Waals surface area contributed by atoms with Crippen LogP contribution in [-0.4, -0.2) is 0 Å². The van der Waals surface area contributed by atoms with E-state index in [1.165, 1.54) is 24.8 Å². The second-order valence-corrected chi connectivity index (χ2v) is 4.12. The van der Waals surface area contributed by atoms with Crippen molar-refractivity contribution < 1.29 is 0 Å². The predicted molar refractivity (Wildman–Crippen MR) is 61.4 cm³/mol. The summed E-state index contributed by atoms with van der Waals surface area (Å²) in [4.78, 5) is 0. The largest absolute Gasteiger partial charge is 0.0847 e. The van der Waals surface area contributed by atoms with Gasteiger partial charge in [-0.3, -0.25) is 0 Å². The van der Waals surface area contributed by atoms with Gasteiger partial charge in [-0.05, 0) is 24.8 Å². The molecule has 0 spiro atoms. The van der Waals surface area contributed by atoms with Crippen molar-refractivity contribution in [3.05, 3.63) is 47.5 Å². The minimum atomic E-state index is 0.414. The van der Waals surface area contributed by atoms with E-state index in [2.05, 4.69) is 50.3 Å². The van der Waals surface area contributed by atoms with Crippen LogP contribution in [0.4, 0.5) is 0 Å². The lowest BCUT2D eigenvalue weighted by Gasteiger charge is -2.12. The smallest absolute Gasteiger partial charge is 0.0197 e. The zero-order chi connectivity index (χ0) is 10.0. The first-order valence-electron chi connectivity index (χ1n) is 5.58. The van der Waals surface area contributed by atoms with Gasteiger partial charge in [0.25, 0.3) is 0 Å². The molecular formula is C14H18. The van der Waals surface area contributed by atoms with Gasteiger partial charge in [0.1, 0.15) is 0 Å². The van der Waals surface area contributed by atoms with Crippen molar-refractivity contribution in [2.45, 2.75) is 38.5 Å². The molecule has 1 aliphatic carbocycles. The van der Waals surface area contributed by atoms with E-state index in [0.29, 0.717) is 5.41 Å². The first kappa shape index (κ1) is 9.51. The van der Waals surface area contributed by atoms with Crippen LogP contribution in [0.25, 0.3) is 0 Å². The summed E-state index contributed by atoms with van der Waals surface area (Å²) in [7, 11) is 0. The number of benzene rings is 1. The molecule has 0 bridgehead atoms. The van der Waals surface area contributed by atoms with E-state index in [0.717, 1.165) is 0 Å². The molecule has 1 aromatic rings. The van der Waals surface area contributed by atoms with Crippen LogP contribution in [0.2, 0.25) is 0 Å². The van der Waals surface area contributed by atoms with Crippen LogP contribution in [0.5, 0.6) is 0 Å². The second-order valence-electron chi connectivity index (χ2n) is 4.12. The first-order valence-corrected chi connectivity index (χ1v) is 5.58. The van der Waals surface area contributed by atoms with Crippen LogP contribution in [-0.2, 0) is 5.41 Å². The van der Waals surface area contributed by atoms with E-state index in [9.17, 15) is 0 Å². The minimum absolute atomic E-state index is 0.414. The van der Waals surface area contributed by atoms with Gasteiger partial charge in [0.05, 0.1) is 0 Å². The summed E-state index contributed by atoms with van der Waals surface area (Å²) in [5.41, 5.74) is 3.56. The van der Waals surface area contributed by atoms with Crippen molar-refractivity contribution in [3.63, 3.8) is 0 Å². The van der Waals surface area contributed by atoms with Crippen LogP contribution in [0, 0.1) is 0 Å². The lowest BCUT2D eigenvalue weighted by molar-refractivity contribution is 0.690. The Bertz CT molecular complexity index is 334. The fourth-order valence-electron chi connectivity index (χ4n) is 2.40. The molecule has 0 heteroatoms. The zero-order valence-corrected chi connectivity index (χ0v) is 9.09. The van der Waals surface area contributed by atoms with E-state index in [4.69, 9.17) is 0 Å². The molecule has 1 fully saturated rings. The first-order chi connectivity index (χ1) is 6.83. The van der Waals surface area contributed by atoms with Crippen molar-refractivity contribution >= 4 is 0 Å². The Hall–Kier alpha value is -1.04. The summed E-state index contributed by atoms with van der Waals surface area (Å²) < 4.78 is 0. The minimum Gasteiger partial charge on any atom is -0.0847 e. The highest BCUT2D eigenvalue weighted by Crippen LogP contribution is 2.56. The maximum absolute atomic E-state index is 2.40. The second kappa shape index (κ2) is 3.61. The molecular weight excluding hydrogens is 168 g/mol. The standard InChI is InChI=1S/C14H18/c1-3-8-13-11-14(13,4-2)12-9-6-5-7-10-12/h5-10H,3-4,11H2,1-2H3/b13-8+/t14-/m0/s1. The third kappa shape index (κ3) is 1.39. The lowest BCUT2D eigenvalue weighted by atomic mass is 9.92. The highest BCUT2D eigenvalue weighted by molar-refractivity contribution is 5.49. The predicted octanol–water partition coefficient (Wildman–Crippen LogP) is 4.07. The van der Waals surface area contributed by atoms with Gasteiger partial charge in [0.2, 0.25) is 0 Å². The summed E-state index contributed by atoms with van der Waals surface area (Å²) in [6.45, 7) is 4.51. The van der Waals surface area contributed by atoms with Crippen LogP contribution in [0.15, 0.2) is 42.0 Å². The number of rotatable bonds is 3. The summed E-state index contributed by atoms with van der Waals surface area (Å²) in [5.74, 6) is 0. The van der Waals surface area contributed by atoms with Gasteiger partial charge >= 0.3 is 0 Å². The Morgan fingerprint density at radius 2 is 1.93 bits per heavy atom. The molecule has 1 aliphatic rings. The van der Waals surface area contributed by atoms with Gasteiger partial charge < -0.3 is 0 Å². The van der Waals surface area contributed by atoms with Gasteiger partial charge in [-0.1, -0.05) is 55.8 Å². The van der Waals surface area contributed by atoms with Crippen LogP contribution in [0.1, 0.15) is 38.7 Å². The molecule has 0 radical (unpaired) electrons. The summed E-state index contributed by atoms with van der Waals surface area (Å²) in [6, 6.07) is 10.9. The van der Waals surface area contributed by atoms with E-state index in [1.807, 2.05) is 0 Å². The van der Waals surface area contributed by atoms with Crippen molar-refractivity contribution in [1.29, 1.82) is 0 Å². The van der Waals surface area contributed by atoms with Crippen molar-refractivity contribution in [2.24, 2.45) is 0 Å². The maximum atomic E-state index is 2.40. The molecule has 0 aliphatic heterocycles. The molecule has 1 aromatic carbocycles. The Balaban J connectivity index is 2.30. The average molecular weight is 186 g/mol. The molecule has 1 atom stereocenters. The third-order valence-corrected chi connectivity index (χ3v) is 3.36. The Morgan fingerprint density at radius 3 is 2.50 bits per heavy atom. The Morgan fingerprint density at radius 1 is 1.21 bits per heavy atom. The monoisotopic (exact) mass is 186 g/mol. The van der Waals surface area contributed by atoms with E-state index < -0.39 is 0 Å². The van der Waals surface area contributed by atoms with Gasteiger partial charge in [0, 0.05) is 5.41 Å². The summed E-state index contributed by atoms with van der Waals surface area (Å²) in [6.07, 6.45) is 6.09. The zero-order valence-electron chi connectivity index (χ0n) is 9.09. The molecule has 0 aromatic heterocycles. The van der Waals surface area contributed by atoms with E-state index >= 15 is 0 Å². The molecule has 0 nitrogen and oxygen atoms in total. The van der Waals surface area contributed by atoms with Gasteiger partial charge in [-0.25, -0.2) is 0 Å². The number of hydrogen-bond donors (Lipinski definition) is 0. The van der Waals surface area contributed by atoms with Gasteiger partial charge in [-0.2, -0.15) is 0 Å². The molecule has 0 saturated heterocycles. The Labute approximate surface area is 86.7 Å². The van der Waals surface area contributed by atoms with Gasteiger partial charge in [0.15, 0.2) is 0 Å². The molecule has 14 heavy (non-hydrogen) atoms. The van der Waals surface area contributed by atoms with Gasteiger partial charge in [-0.15, -0.1) is 0 Å². The van der Waals surface area contributed by atoms with E-state index in [1.54, 1.807) is 5.57 Å². The lowest BCUT2D eigenvalue weighted by Crippen LogP contribution is -2.04. The number of hydrogen-bond acceptors (Lipinski definition) is 0. The highest BCUT2D eigenvalue weighted by Gasteiger charge is 2.47. The summed E-state index contributed by atoms with van der Waals surface area (Å²) >= 11 is 0. The molecule has 0 unspecified atom stereocenters. The SMILES string of the molecule is CC/C=C1\C[C@@]1(CC)c1ccccc1. The Kier molecular flexibility index (Phi) is 2.45. The van der Waals surface area contributed by atoms with Crippen molar-refractivity contribution in [1.82, 2.24) is 0 Å². The molecule has 0 heterocycles. The normalized spacial score (nSPS) is 28.0. The molecule has 0 amide bonds. The fourth-order valence-corrected chi connectivity index (χ4v) is 2.40. The number of allylic oxidation sites excluding steroid dienone is 2. The maximum Gasteiger partial charge on any atom is 0.0197 e. The highest BCUT2D eigenvalue weighted by atomic mass is 14.5. The molecule has 74 valence electrons. The van der Waals surface area contributed by atoms with Crippen LogP contribution >= 0.6 is 0 Å². The molecule has 2 rings (SSSR count). The van der Waals surface area contributed by atoms with E-state index in [-0.39, 0.29) is 0 Å². The quantitative estimate of drug-likeness (QED) is 0.624. The van der Waals surface area contributed by atoms with Crippen molar-refractivity contribution in [3.8, 4) is 0 Å². The molecule has 0 N–H and O–H groups in total. The topological polar surface area (TPSA) is 0 Å². The fraction of sp³-hybridized carbons (Fsp3) is 0.429. The third-order valence-electron chi connectivity index (χ3n) is 3.36. The van der Waals surface area contributed by atoms with Crippen molar-refractivity contribution in [2.75, 3.05) is 0 Å². The molecule has 1 saturated carbocycles. The summed E-state index contributed by atoms with van der Waals surface area (Å²) in [5, 5.41) is 0.